The maximum Gasteiger partial charge on any atom is 0.255 e. The van der Waals surface area contributed by atoms with Crippen LogP contribution in [0, 0.1) is 0 Å². The van der Waals surface area contributed by atoms with Gasteiger partial charge in [0.25, 0.3) is 5.91 Å². The first-order valence-electron chi connectivity index (χ1n) is 7.81. The second-order valence-electron chi connectivity index (χ2n) is 5.54. The number of nitrogens with one attached hydrogen (secondary N) is 1. The van der Waals surface area contributed by atoms with Crippen LogP contribution in [0.1, 0.15) is 10.4 Å². The van der Waals surface area contributed by atoms with Gasteiger partial charge in [-0.3, -0.25) is 9.78 Å². The van der Waals surface area contributed by atoms with Crippen LogP contribution >= 0.6 is 0 Å². The van der Waals surface area contributed by atoms with Crippen LogP contribution in [0.2, 0.25) is 0 Å². The number of rotatable bonds is 4. The fourth-order valence-corrected chi connectivity index (χ4v) is 2.54. The summed E-state index contributed by atoms with van der Waals surface area (Å²) in [5.41, 5.74) is 2.72. The Morgan fingerprint density at radius 3 is 2.69 bits per heavy atom. The monoisotopic (exact) mass is 346 g/mol. The molecular weight excluding hydrogens is 332 g/mol. The van der Waals surface area contributed by atoms with Crippen LogP contribution in [0.5, 0.6) is 5.75 Å². The summed E-state index contributed by atoms with van der Waals surface area (Å²) in [7, 11) is 1.61. The van der Waals surface area contributed by atoms with Crippen molar-refractivity contribution in [1.82, 2.24) is 25.2 Å². The molecule has 4 aromatic rings. The number of carbonyl (C=O) groups is 1. The molecular formula is C18H14N6O2. The largest absolute Gasteiger partial charge is 0.497 e. The Labute approximate surface area is 148 Å². The van der Waals surface area contributed by atoms with Crippen molar-refractivity contribution in [3.8, 4) is 11.4 Å². The summed E-state index contributed by atoms with van der Waals surface area (Å²) in [5, 5.41) is 14.7. The second-order valence-corrected chi connectivity index (χ2v) is 5.54. The van der Waals surface area contributed by atoms with Crippen molar-refractivity contribution in [2.45, 2.75) is 0 Å². The Hall–Kier alpha value is -3.81. The topological polar surface area (TPSA) is 94.8 Å². The fraction of sp³-hybridized carbons (Fsp3) is 0.0556. The number of hydrogen-bond donors (Lipinski definition) is 1. The molecule has 26 heavy (non-hydrogen) atoms. The summed E-state index contributed by atoms with van der Waals surface area (Å²) in [6.07, 6.45) is 3.11. The van der Waals surface area contributed by atoms with E-state index < -0.39 is 0 Å². The predicted octanol–water partition coefficient (Wildman–Crippen LogP) is 2.47. The molecule has 0 fully saturated rings. The van der Waals surface area contributed by atoms with Crippen molar-refractivity contribution in [2.24, 2.45) is 0 Å². The van der Waals surface area contributed by atoms with Crippen LogP contribution in [-0.4, -0.2) is 38.2 Å². The SMILES string of the molecule is COc1ccc2cc(NC(=O)c3ccc(-n4cnnn4)cc3)cnc2c1. The molecule has 0 unspecified atom stereocenters. The zero-order valence-electron chi connectivity index (χ0n) is 13.8. The molecule has 0 spiro atoms. The number of hydrogen-bond acceptors (Lipinski definition) is 6. The van der Waals surface area contributed by atoms with E-state index in [1.807, 2.05) is 24.3 Å². The molecule has 0 aliphatic rings. The van der Waals surface area contributed by atoms with Gasteiger partial charge >= 0.3 is 0 Å². The van der Waals surface area contributed by atoms with E-state index in [-0.39, 0.29) is 5.91 Å². The minimum atomic E-state index is -0.220. The molecule has 128 valence electrons. The van der Waals surface area contributed by atoms with Crippen molar-refractivity contribution in [3.63, 3.8) is 0 Å². The second kappa shape index (κ2) is 6.60. The molecule has 0 saturated heterocycles. The number of anilines is 1. The molecule has 1 N–H and O–H groups in total. The third-order valence-corrected chi connectivity index (χ3v) is 3.89. The van der Waals surface area contributed by atoms with Gasteiger partial charge in [-0.25, -0.2) is 4.68 Å². The number of methoxy groups -OCH3 is 1. The van der Waals surface area contributed by atoms with Crippen molar-refractivity contribution in [3.05, 3.63) is 66.6 Å². The maximum atomic E-state index is 12.4. The van der Waals surface area contributed by atoms with E-state index in [4.69, 9.17) is 4.74 Å². The van der Waals surface area contributed by atoms with Gasteiger partial charge in [0.15, 0.2) is 0 Å². The molecule has 2 aromatic heterocycles. The number of nitrogens with zero attached hydrogens (tertiary/aromatic N) is 5. The molecule has 0 aliphatic carbocycles. The molecule has 1 amide bonds. The van der Waals surface area contributed by atoms with Gasteiger partial charge in [0.1, 0.15) is 12.1 Å². The Bertz CT molecular complexity index is 1060. The number of tetrazole rings is 1. The van der Waals surface area contributed by atoms with Crippen LogP contribution in [-0.2, 0) is 0 Å². The third kappa shape index (κ3) is 3.07. The lowest BCUT2D eigenvalue weighted by molar-refractivity contribution is 0.102. The van der Waals surface area contributed by atoms with Gasteiger partial charge in [0.2, 0.25) is 0 Å². The van der Waals surface area contributed by atoms with Crippen molar-refractivity contribution in [2.75, 3.05) is 12.4 Å². The van der Waals surface area contributed by atoms with E-state index in [2.05, 4.69) is 25.8 Å². The minimum Gasteiger partial charge on any atom is -0.497 e. The van der Waals surface area contributed by atoms with Gasteiger partial charge in [-0.05, 0) is 52.9 Å². The van der Waals surface area contributed by atoms with E-state index in [1.165, 1.54) is 11.0 Å². The molecule has 0 radical (unpaired) electrons. The number of carbonyl (C=O) groups excluding carboxylic acids is 1. The fourth-order valence-electron chi connectivity index (χ4n) is 2.54. The van der Waals surface area contributed by atoms with Gasteiger partial charge in [0, 0.05) is 17.0 Å². The first kappa shape index (κ1) is 15.7. The standard InChI is InChI=1S/C18H14N6O2/c1-26-16-7-4-13-8-14(10-19-17(13)9-16)21-18(25)12-2-5-15(6-3-12)24-11-20-22-23-24/h2-11H,1H3,(H,21,25). The Balaban J connectivity index is 1.53. The summed E-state index contributed by atoms with van der Waals surface area (Å²) in [6, 6.07) is 14.4. The summed E-state index contributed by atoms with van der Waals surface area (Å²) >= 11 is 0. The summed E-state index contributed by atoms with van der Waals surface area (Å²) in [6.45, 7) is 0. The molecule has 8 heteroatoms. The smallest absolute Gasteiger partial charge is 0.255 e. The number of fused-ring (bicyclic) bond motifs is 1. The highest BCUT2D eigenvalue weighted by molar-refractivity contribution is 6.05. The lowest BCUT2D eigenvalue weighted by atomic mass is 10.1. The normalized spacial score (nSPS) is 10.7. The maximum absolute atomic E-state index is 12.4. The minimum absolute atomic E-state index is 0.220. The number of pyridine rings is 1. The van der Waals surface area contributed by atoms with E-state index in [1.54, 1.807) is 37.6 Å². The summed E-state index contributed by atoms with van der Waals surface area (Å²) < 4.78 is 6.70. The van der Waals surface area contributed by atoms with Crippen molar-refractivity contribution in [1.29, 1.82) is 0 Å². The van der Waals surface area contributed by atoms with Crippen LogP contribution in [0.15, 0.2) is 61.1 Å². The van der Waals surface area contributed by atoms with Crippen molar-refractivity contribution < 1.29 is 9.53 Å². The lowest BCUT2D eigenvalue weighted by Crippen LogP contribution is -2.12. The quantitative estimate of drug-likeness (QED) is 0.610. The van der Waals surface area contributed by atoms with Crippen LogP contribution in [0.4, 0.5) is 5.69 Å². The molecule has 4 rings (SSSR count). The Kier molecular flexibility index (Phi) is 3.98. The molecule has 2 aromatic carbocycles. The summed E-state index contributed by atoms with van der Waals surface area (Å²) in [4.78, 5) is 16.8. The zero-order chi connectivity index (χ0) is 17.9. The van der Waals surface area contributed by atoms with Crippen LogP contribution in [0.25, 0.3) is 16.6 Å². The molecule has 0 aliphatic heterocycles. The van der Waals surface area contributed by atoms with Crippen LogP contribution in [0.3, 0.4) is 0 Å². The Morgan fingerprint density at radius 2 is 1.96 bits per heavy atom. The number of aromatic nitrogens is 5. The predicted molar refractivity (Wildman–Crippen MR) is 95.4 cm³/mol. The molecule has 0 bridgehead atoms. The molecule has 0 saturated carbocycles. The highest BCUT2D eigenvalue weighted by Crippen LogP contribution is 2.22. The highest BCUT2D eigenvalue weighted by Gasteiger charge is 2.08. The molecule has 8 nitrogen and oxygen atoms in total. The highest BCUT2D eigenvalue weighted by atomic mass is 16.5. The Morgan fingerprint density at radius 1 is 1.12 bits per heavy atom. The van der Waals surface area contributed by atoms with Crippen LogP contribution < -0.4 is 10.1 Å². The first-order chi connectivity index (χ1) is 12.7. The van der Waals surface area contributed by atoms with E-state index in [9.17, 15) is 4.79 Å². The number of benzene rings is 2. The van der Waals surface area contributed by atoms with E-state index in [0.717, 1.165) is 22.3 Å². The first-order valence-corrected chi connectivity index (χ1v) is 7.81. The van der Waals surface area contributed by atoms with Crippen molar-refractivity contribution >= 4 is 22.5 Å². The van der Waals surface area contributed by atoms with Gasteiger partial charge in [-0.1, -0.05) is 0 Å². The molecule has 0 atom stereocenters. The van der Waals surface area contributed by atoms with Gasteiger partial charge < -0.3 is 10.1 Å². The third-order valence-electron chi connectivity index (χ3n) is 3.89. The number of ether oxygens (including phenoxy) is 1. The average molecular weight is 346 g/mol. The van der Waals surface area contributed by atoms with E-state index in [0.29, 0.717) is 11.3 Å². The van der Waals surface area contributed by atoms with Gasteiger partial charge in [0.05, 0.1) is 30.2 Å². The lowest BCUT2D eigenvalue weighted by Gasteiger charge is -2.08. The number of amides is 1. The molecule has 2 heterocycles. The van der Waals surface area contributed by atoms with Gasteiger partial charge in [-0.15, -0.1) is 5.10 Å². The average Bonchev–Trinajstić information content (AvgIpc) is 3.22. The van der Waals surface area contributed by atoms with Gasteiger partial charge in [-0.2, -0.15) is 0 Å². The zero-order valence-corrected chi connectivity index (χ0v) is 13.8. The van der Waals surface area contributed by atoms with E-state index >= 15 is 0 Å². The summed E-state index contributed by atoms with van der Waals surface area (Å²) in [5.74, 6) is 0.521.